The first-order valence-electron chi connectivity index (χ1n) is 6.86. The number of hydrogen-bond acceptors (Lipinski definition) is 5. The van der Waals surface area contributed by atoms with E-state index in [4.69, 9.17) is 4.74 Å². The van der Waals surface area contributed by atoms with E-state index in [1.54, 1.807) is 0 Å². The van der Waals surface area contributed by atoms with Crippen molar-refractivity contribution >= 4 is 11.7 Å². The molecule has 0 saturated carbocycles. The van der Waals surface area contributed by atoms with Crippen molar-refractivity contribution in [3.8, 4) is 11.5 Å². The number of benzene rings is 2. The summed E-state index contributed by atoms with van der Waals surface area (Å²) >= 11 is 0. The molecule has 0 bridgehead atoms. The average molecular weight is 355 g/mol. The summed E-state index contributed by atoms with van der Waals surface area (Å²) in [5.41, 5.74) is -1.76. The third-order valence-electron chi connectivity index (χ3n) is 3.31. The summed E-state index contributed by atoms with van der Waals surface area (Å²) in [5, 5.41) is 11.1. The molecule has 0 atom stereocenters. The molecule has 0 spiro atoms. The second kappa shape index (κ2) is 6.80. The van der Waals surface area contributed by atoms with Crippen LogP contribution in [0.25, 0.3) is 0 Å². The summed E-state index contributed by atoms with van der Waals surface area (Å²) in [6.07, 6.45) is -4.64. The standard InChI is InChI=1S/C16H12F3NO5/c1-9-7-12(20(22)23)10(15(21)24-2)8-14(9)25-13-6-4-3-5-11(13)16(17,18)19/h3-8H,1-2H3. The van der Waals surface area contributed by atoms with Crippen LogP contribution in [-0.2, 0) is 10.9 Å². The fourth-order valence-electron chi connectivity index (χ4n) is 2.12. The summed E-state index contributed by atoms with van der Waals surface area (Å²) in [7, 11) is 1.03. The Labute approximate surface area is 139 Å². The van der Waals surface area contributed by atoms with Crippen molar-refractivity contribution in [3.05, 3.63) is 63.2 Å². The number of nitrogens with zero attached hydrogens (tertiary/aromatic N) is 1. The molecule has 9 heteroatoms. The minimum atomic E-state index is -4.64. The Kier molecular flexibility index (Phi) is 4.96. The number of esters is 1. The van der Waals surface area contributed by atoms with E-state index >= 15 is 0 Å². The monoisotopic (exact) mass is 355 g/mol. The SMILES string of the molecule is COC(=O)c1cc(Oc2ccccc2C(F)(F)F)c(C)cc1[N+](=O)[O-]. The quantitative estimate of drug-likeness (QED) is 0.458. The van der Waals surface area contributed by atoms with Crippen molar-refractivity contribution in [2.75, 3.05) is 7.11 Å². The number of para-hydroxylation sites is 1. The number of alkyl halides is 3. The summed E-state index contributed by atoms with van der Waals surface area (Å²) < 4.78 is 48.9. The Bertz CT molecular complexity index is 833. The van der Waals surface area contributed by atoms with E-state index < -0.39 is 39.6 Å². The number of ether oxygens (including phenoxy) is 2. The fraction of sp³-hybridized carbons (Fsp3) is 0.188. The molecule has 0 saturated heterocycles. The zero-order chi connectivity index (χ0) is 18.8. The number of hydrogen-bond donors (Lipinski definition) is 0. The maximum absolute atomic E-state index is 13.0. The number of rotatable bonds is 4. The van der Waals surface area contributed by atoms with Gasteiger partial charge in [-0.15, -0.1) is 0 Å². The first kappa shape index (κ1) is 18.2. The van der Waals surface area contributed by atoms with Crippen LogP contribution < -0.4 is 4.74 Å². The van der Waals surface area contributed by atoms with Gasteiger partial charge in [0.2, 0.25) is 0 Å². The summed E-state index contributed by atoms with van der Waals surface area (Å²) in [6.45, 7) is 1.42. The van der Waals surface area contributed by atoms with E-state index in [0.717, 1.165) is 31.4 Å². The highest BCUT2D eigenvalue weighted by Gasteiger charge is 2.34. The Morgan fingerprint density at radius 1 is 1.16 bits per heavy atom. The third-order valence-corrected chi connectivity index (χ3v) is 3.31. The van der Waals surface area contributed by atoms with Crippen LogP contribution in [0.5, 0.6) is 11.5 Å². The highest BCUT2D eigenvalue weighted by Crippen LogP contribution is 2.39. The van der Waals surface area contributed by atoms with Gasteiger partial charge in [-0.2, -0.15) is 13.2 Å². The summed E-state index contributed by atoms with van der Waals surface area (Å²) in [4.78, 5) is 22.0. The van der Waals surface area contributed by atoms with Crippen LogP contribution in [0.3, 0.4) is 0 Å². The number of nitro groups is 1. The lowest BCUT2D eigenvalue weighted by Crippen LogP contribution is -2.09. The predicted octanol–water partition coefficient (Wildman–Crippen LogP) is 4.50. The molecule has 0 fully saturated rings. The van der Waals surface area contributed by atoms with Gasteiger partial charge < -0.3 is 9.47 Å². The first-order valence-corrected chi connectivity index (χ1v) is 6.86. The van der Waals surface area contributed by atoms with Gasteiger partial charge in [-0.05, 0) is 24.6 Å². The largest absolute Gasteiger partial charge is 0.465 e. The van der Waals surface area contributed by atoms with Crippen molar-refractivity contribution in [3.63, 3.8) is 0 Å². The smallest absolute Gasteiger partial charge is 0.419 e. The molecule has 0 aromatic heterocycles. The van der Waals surface area contributed by atoms with Gasteiger partial charge in [-0.3, -0.25) is 10.1 Å². The number of carbonyl (C=O) groups is 1. The summed E-state index contributed by atoms with van der Waals surface area (Å²) in [6, 6.07) is 6.55. The zero-order valence-corrected chi connectivity index (χ0v) is 13.1. The molecule has 0 unspecified atom stereocenters. The zero-order valence-electron chi connectivity index (χ0n) is 13.1. The van der Waals surface area contributed by atoms with E-state index in [2.05, 4.69) is 4.74 Å². The average Bonchev–Trinajstić information content (AvgIpc) is 2.55. The fourth-order valence-corrected chi connectivity index (χ4v) is 2.12. The van der Waals surface area contributed by atoms with E-state index in [1.807, 2.05) is 0 Å². The number of halogens is 3. The van der Waals surface area contributed by atoms with E-state index in [9.17, 15) is 28.1 Å². The molecule has 0 radical (unpaired) electrons. The molecule has 0 N–H and O–H groups in total. The number of carbonyl (C=O) groups excluding carboxylic acids is 1. The molecule has 132 valence electrons. The molecule has 2 aromatic carbocycles. The van der Waals surface area contributed by atoms with Gasteiger partial charge in [0.25, 0.3) is 5.69 Å². The lowest BCUT2D eigenvalue weighted by molar-refractivity contribution is -0.385. The van der Waals surface area contributed by atoms with Crippen LogP contribution in [0, 0.1) is 17.0 Å². The summed E-state index contributed by atoms with van der Waals surface area (Å²) in [5.74, 6) is -1.61. The van der Waals surface area contributed by atoms with E-state index in [0.29, 0.717) is 0 Å². The molecule has 2 rings (SSSR count). The van der Waals surface area contributed by atoms with Crippen LogP contribution in [0.2, 0.25) is 0 Å². The Morgan fingerprint density at radius 2 is 1.80 bits per heavy atom. The van der Waals surface area contributed by atoms with Crippen molar-refractivity contribution in [2.24, 2.45) is 0 Å². The van der Waals surface area contributed by atoms with Gasteiger partial charge in [0.05, 0.1) is 17.6 Å². The van der Waals surface area contributed by atoms with Crippen LogP contribution in [0.15, 0.2) is 36.4 Å². The van der Waals surface area contributed by atoms with Crippen LogP contribution >= 0.6 is 0 Å². The maximum Gasteiger partial charge on any atom is 0.419 e. The van der Waals surface area contributed by atoms with Gasteiger partial charge in [-0.25, -0.2) is 4.79 Å². The normalized spacial score (nSPS) is 11.1. The van der Waals surface area contributed by atoms with E-state index in [1.165, 1.54) is 19.1 Å². The topological polar surface area (TPSA) is 78.7 Å². The van der Waals surface area contributed by atoms with Crippen molar-refractivity contribution < 1.29 is 32.4 Å². The van der Waals surface area contributed by atoms with Crippen molar-refractivity contribution in [1.82, 2.24) is 0 Å². The molecular formula is C16H12F3NO5. The Balaban J connectivity index is 2.55. The molecule has 0 aliphatic rings. The number of methoxy groups -OCH3 is 1. The van der Waals surface area contributed by atoms with Crippen molar-refractivity contribution in [1.29, 1.82) is 0 Å². The van der Waals surface area contributed by atoms with Gasteiger partial charge in [0, 0.05) is 12.1 Å². The minimum Gasteiger partial charge on any atom is -0.465 e. The predicted molar refractivity (Wildman–Crippen MR) is 80.7 cm³/mol. The molecule has 2 aromatic rings. The van der Waals surface area contributed by atoms with Gasteiger partial charge >= 0.3 is 12.1 Å². The number of aryl methyl sites for hydroxylation is 1. The molecule has 0 aliphatic carbocycles. The molecule has 6 nitrogen and oxygen atoms in total. The lowest BCUT2D eigenvalue weighted by atomic mass is 10.1. The molecule has 0 amide bonds. The van der Waals surface area contributed by atoms with Gasteiger partial charge in [0.15, 0.2) is 0 Å². The van der Waals surface area contributed by atoms with Gasteiger partial charge in [0.1, 0.15) is 17.1 Å². The van der Waals surface area contributed by atoms with Crippen LogP contribution in [0.1, 0.15) is 21.5 Å². The van der Waals surface area contributed by atoms with Crippen LogP contribution in [0.4, 0.5) is 18.9 Å². The maximum atomic E-state index is 13.0. The van der Waals surface area contributed by atoms with Crippen LogP contribution in [-0.4, -0.2) is 18.0 Å². The lowest BCUT2D eigenvalue weighted by Gasteiger charge is -2.15. The minimum absolute atomic E-state index is 0.123. The molecular weight excluding hydrogens is 343 g/mol. The number of nitro benzene ring substituents is 1. The molecule has 25 heavy (non-hydrogen) atoms. The molecule has 0 aliphatic heterocycles. The Hall–Kier alpha value is -3.10. The van der Waals surface area contributed by atoms with Crippen molar-refractivity contribution in [2.45, 2.75) is 13.1 Å². The van der Waals surface area contributed by atoms with Gasteiger partial charge in [-0.1, -0.05) is 12.1 Å². The second-order valence-corrected chi connectivity index (χ2v) is 4.98. The highest BCUT2D eigenvalue weighted by molar-refractivity contribution is 5.94. The highest BCUT2D eigenvalue weighted by atomic mass is 19.4. The third kappa shape index (κ3) is 3.87. The second-order valence-electron chi connectivity index (χ2n) is 4.98. The van der Waals surface area contributed by atoms with E-state index in [-0.39, 0.29) is 11.3 Å². The Morgan fingerprint density at radius 3 is 2.36 bits per heavy atom. The molecule has 0 heterocycles. The first-order chi connectivity index (χ1) is 11.6.